The van der Waals surface area contributed by atoms with Gasteiger partial charge >= 0.3 is 0 Å². The molecule has 0 radical (unpaired) electrons. The first-order valence-corrected chi connectivity index (χ1v) is 11.4. The molecule has 0 aliphatic carbocycles. The number of amides is 1. The van der Waals surface area contributed by atoms with Crippen LogP contribution in [-0.4, -0.2) is 46.7 Å². The Morgan fingerprint density at radius 1 is 1.26 bits per heavy atom. The summed E-state index contributed by atoms with van der Waals surface area (Å²) in [4.78, 5) is 15.9. The van der Waals surface area contributed by atoms with Crippen molar-refractivity contribution >= 4 is 5.91 Å². The highest BCUT2D eigenvalue weighted by molar-refractivity contribution is 6.00. The fourth-order valence-electron chi connectivity index (χ4n) is 5.78. The van der Waals surface area contributed by atoms with Crippen molar-refractivity contribution in [3.8, 4) is 11.5 Å². The minimum absolute atomic E-state index is 0.0786. The Morgan fingerprint density at radius 2 is 2.06 bits per heavy atom. The molecule has 31 heavy (non-hydrogen) atoms. The lowest BCUT2D eigenvalue weighted by Gasteiger charge is -2.49. The quantitative estimate of drug-likeness (QED) is 0.572. The summed E-state index contributed by atoms with van der Waals surface area (Å²) in [5.41, 5.74) is 3.10. The number of carbonyl (C=O) groups is 1. The number of nitrogens with zero attached hydrogens (tertiary/aromatic N) is 1. The molecule has 6 nitrogen and oxygen atoms in total. The average Bonchev–Trinajstić information content (AvgIpc) is 2.79. The molecule has 164 valence electrons. The number of phenolic OH excluding ortho intramolecular Hbond substituents is 2. The first-order chi connectivity index (χ1) is 15.0. The highest BCUT2D eigenvalue weighted by Crippen LogP contribution is 2.46. The van der Waals surface area contributed by atoms with Gasteiger partial charge in [0.25, 0.3) is 5.91 Å². The Balaban J connectivity index is 1.50. The van der Waals surface area contributed by atoms with E-state index in [-0.39, 0.29) is 35.1 Å². The molecule has 0 unspecified atom stereocenters. The van der Waals surface area contributed by atoms with E-state index in [0.29, 0.717) is 12.0 Å². The van der Waals surface area contributed by atoms with E-state index in [1.165, 1.54) is 12.8 Å². The van der Waals surface area contributed by atoms with Gasteiger partial charge in [-0.15, -0.1) is 0 Å². The molecular weight excluding hydrogens is 390 g/mol. The van der Waals surface area contributed by atoms with Crippen LogP contribution in [0.25, 0.3) is 0 Å². The third kappa shape index (κ3) is 3.68. The summed E-state index contributed by atoms with van der Waals surface area (Å²) in [6, 6.07) is 11.7. The maximum absolute atomic E-state index is 13.4. The number of piperidine rings is 2. The molecule has 3 aliphatic rings. The van der Waals surface area contributed by atoms with Gasteiger partial charge in [-0.1, -0.05) is 30.3 Å². The topological polar surface area (TPSA) is 84.8 Å². The Labute approximate surface area is 183 Å². The second-order valence-electron chi connectivity index (χ2n) is 9.26. The zero-order valence-corrected chi connectivity index (χ0v) is 18.0. The summed E-state index contributed by atoms with van der Waals surface area (Å²) >= 11 is 0. The van der Waals surface area contributed by atoms with Crippen LogP contribution in [0.15, 0.2) is 36.4 Å². The molecule has 3 heterocycles. The lowest BCUT2D eigenvalue weighted by molar-refractivity contribution is 0.0540. The Kier molecular flexibility index (Phi) is 5.36. The predicted octanol–water partition coefficient (Wildman–Crippen LogP) is 3.26. The van der Waals surface area contributed by atoms with E-state index >= 15 is 0 Å². The Morgan fingerprint density at radius 3 is 2.87 bits per heavy atom. The standard InChI is InChI=1S/C25H31N3O3/c1-15(16-6-3-2-4-7-16)27-25(31)23-22-17(12-21(29)24(23)30)9-11-28-14-18-8-5-10-26-19(18)13-20(22)28/h2-4,6-7,12,15,18-20,26,29-30H,5,8-11,13-14H2,1H3,(H,27,31)/t15-,18+,19-,20-/m1/s1. The lowest BCUT2D eigenvalue weighted by Crippen LogP contribution is -2.55. The molecule has 2 fully saturated rings. The molecule has 0 spiro atoms. The van der Waals surface area contributed by atoms with Gasteiger partial charge in [0, 0.05) is 25.2 Å². The molecular formula is C25H31N3O3. The molecule has 6 heteroatoms. The van der Waals surface area contributed by atoms with Crippen LogP contribution >= 0.6 is 0 Å². The summed E-state index contributed by atoms with van der Waals surface area (Å²) in [5, 5.41) is 27.9. The smallest absolute Gasteiger partial charge is 0.256 e. The van der Waals surface area contributed by atoms with Gasteiger partial charge in [-0.05, 0) is 67.8 Å². The van der Waals surface area contributed by atoms with Gasteiger partial charge in [-0.3, -0.25) is 9.69 Å². The van der Waals surface area contributed by atoms with Crippen LogP contribution in [0, 0.1) is 5.92 Å². The third-order valence-electron chi connectivity index (χ3n) is 7.40. The van der Waals surface area contributed by atoms with Gasteiger partial charge in [0.2, 0.25) is 0 Å². The van der Waals surface area contributed by atoms with Crippen molar-refractivity contribution in [1.29, 1.82) is 0 Å². The molecule has 0 saturated carbocycles. The zero-order chi connectivity index (χ0) is 21.5. The van der Waals surface area contributed by atoms with Crippen molar-refractivity contribution in [1.82, 2.24) is 15.5 Å². The number of hydrogen-bond acceptors (Lipinski definition) is 5. The minimum Gasteiger partial charge on any atom is -0.504 e. The second-order valence-corrected chi connectivity index (χ2v) is 9.26. The summed E-state index contributed by atoms with van der Waals surface area (Å²) in [7, 11) is 0. The number of benzene rings is 2. The maximum atomic E-state index is 13.4. The van der Waals surface area contributed by atoms with Gasteiger partial charge in [0.05, 0.1) is 11.6 Å². The Bertz CT molecular complexity index is 978. The van der Waals surface area contributed by atoms with E-state index in [4.69, 9.17) is 0 Å². The molecule has 4 atom stereocenters. The third-order valence-corrected chi connectivity index (χ3v) is 7.40. The minimum atomic E-state index is -0.332. The zero-order valence-electron chi connectivity index (χ0n) is 18.0. The fourth-order valence-corrected chi connectivity index (χ4v) is 5.78. The highest BCUT2D eigenvalue weighted by Gasteiger charge is 2.42. The van der Waals surface area contributed by atoms with Crippen LogP contribution in [0.2, 0.25) is 0 Å². The summed E-state index contributed by atoms with van der Waals surface area (Å²) in [6.07, 6.45) is 4.17. The van der Waals surface area contributed by atoms with Gasteiger partial charge in [0.15, 0.2) is 11.5 Å². The van der Waals surface area contributed by atoms with Crippen LogP contribution in [0.5, 0.6) is 11.5 Å². The second kappa shape index (κ2) is 8.17. The van der Waals surface area contributed by atoms with E-state index in [0.717, 1.165) is 49.2 Å². The number of phenols is 2. The predicted molar refractivity (Wildman–Crippen MR) is 119 cm³/mol. The molecule has 1 amide bonds. The number of fused-ring (bicyclic) bond motifs is 4. The number of aromatic hydroxyl groups is 2. The molecule has 0 bridgehead atoms. The first-order valence-electron chi connectivity index (χ1n) is 11.4. The van der Waals surface area contributed by atoms with E-state index in [1.807, 2.05) is 37.3 Å². The van der Waals surface area contributed by atoms with Crippen LogP contribution in [0.4, 0.5) is 0 Å². The summed E-state index contributed by atoms with van der Waals surface area (Å²) in [6.45, 7) is 4.92. The molecule has 2 aromatic rings. The molecule has 4 N–H and O–H groups in total. The van der Waals surface area contributed by atoms with Gasteiger partial charge in [-0.2, -0.15) is 0 Å². The molecule has 2 saturated heterocycles. The summed E-state index contributed by atoms with van der Waals surface area (Å²) in [5.74, 6) is -0.208. The van der Waals surface area contributed by atoms with E-state index in [9.17, 15) is 15.0 Å². The monoisotopic (exact) mass is 421 g/mol. The Hall–Kier alpha value is -2.57. The van der Waals surface area contributed by atoms with Crippen molar-refractivity contribution in [2.75, 3.05) is 19.6 Å². The van der Waals surface area contributed by atoms with Gasteiger partial charge in [0.1, 0.15) is 0 Å². The normalized spacial score (nSPS) is 26.3. The van der Waals surface area contributed by atoms with E-state index in [1.54, 1.807) is 6.07 Å². The summed E-state index contributed by atoms with van der Waals surface area (Å²) < 4.78 is 0. The number of carbonyl (C=O) groups excluding carboxylic acids is 1. The van der Waals surface area contributed by atoms with Gasteiger partial charge < -0.3 is 20.8 Å². The van der Waals surface area contributed by atoms with Crippen molar-refractivity contribution in [2.24, 2.45) is 5.92 Å². The van der Waals surface area contributed by atoms with Crippen LogP contribution in [-0.2, 0) is 6.42 Å². The molecule has 5 rings (SSSR count). The number of nitrogens with one attached hydrogen (secondary N) is 2. The van der Waals surface area contributed by atoms with Gasteiger partial charge in [-0.25, -0.2) is 0 Å². The lowest BCUT2D eigenvalue weighted by atomic mass is 9.76. The fraction of sp³-hybridized carbons (Fsp3) is 0.480. The number of hydrogen-bond donors (Lipinski definition) is 4. The SMILES string of the molecule is C[C@@H](NC(=O)c1c(O)c(O)cc2c1[C@H]1C[C@H]3NCCC[C@H]3CN1CC2)c1ccccc1. The molecule has 2 aromatic carbocycles. The first kappa shape index (κ1) is 20.3. The van der Waals surface area contributed by atoms with Crippen molar-refractivity contribution in [3.63, 3.8) is 0 Å². The van der Waals surface area contributed by atoms with E-state index in [2.05, 4.69) is 15.5 Å². The van der Waals surface area contributed by atoms with Crippen molar-refractivity contribution in [2.45, 2.75) is 50.7 Å². The highest BCUT2D eigenvalue weighted by atomic mass is 16.3. The van der Waals surface area contributed by atoms with Crippen LogP contribution in [0.1, 0.15) is 65.3 Å². The van der Waals surface area contributed by atoms with Crippen LogP contribution in [0.3, 0.4) is 0 Å². The largest absolute Gasteiger partial charge is 0.504 e. The van der Waals surface area contributed by atoms with Crippen LogP contribution < -0.4 is 10.6 Å². The van der Waals surface area contributed by atoms with E-state index < -0.39 is 0 Å². The van der Waals surface area contributed by atoms with Crippen molar-refractivity contribution < 1.29 is 15.0 Å². The maximum Gasteiger partial charge on any atom is 0.256 e. The average molecular weight is 422 g/mol. The number of rotatable bonds is 3. The molecule has 0 aromatic heterocycles. The molecule has 3 aliphatic heterocycles. The van der Waals surface area contributed by atoms with Crippen molar-refractivity contribution in [3.05, 3.63) is 58.7 Å².